The molecular weight excluding hydrogens is 457 g/mol. The lowest BCUT2D eigenvalue weighted by atomic mass is 10.0. The molecule has 1 aliphatic heterocycles. The molecule has 0 aromatic heterocycles. The van der Waals surface area contributed by atoms with Gasteiger partial charge in [0.05, 0.1) is 23.5 Å². The minimum Gasteiger partial charge on any atom is -0.463 e. The first-order chi connectivity index (χ1) is 15.5. The number of nitrogens with one attached hydrogen (secondary N) is 2. The lowest BCUT2D eigenvalue weighted by Crippen LogP contribution is -2.32. The number of hydrogen-bond donors (Lipinski definition) is 2. The number of aryl methyl sites for hydroxylation is 1. The highest BCUT2D eigenvalue weighted by Gasteiger charge is 2.32. The number of halogens is 1. The van der Waals surface area contributed by atoms with Crippen LogP contribution in [0.5, 0.6) is 0 Å². The number of sulfonamides is 1. The normalized spacial score (nSPS) is 14.4. The summed E-state index contributed by atoms with van der Waals surface area (Å²) in [6, 6.07) is 5.97. The molecule has 2 aromatic rings. The van der Waals surface area contributed by atoms with Gasteiger partial charge >= 0.3 is 5.97 Å². The van der Waals surface area contributed by atoms with Gasteiger partial charge in [-0.15, -0.1) is 0 Å². The standard InChI is InChI=1S/C21H22FN3O7S/c1-12(2)32-21(27)11-17(14-5-3-4-6-18(14)25(28)29)24-33(30,31)19-9-13-7-8-20(26)23-16(13)10-15(19)22/h3-6,9-10,12,17,24H,7-8,11H2,1-2H3,(H,23,26). The Morgan fingerprint density at radius 2 is 1.97 bits per heavy atom. The molecule has 0 saturated carbocycles. The number of fused-ring (bicyclic) bond motifs is 1. The van der Waals surface area contributed by atoms with Crippen LogP contribution in [0.4, 0.5) is 15.8 Å². The number of amides is 1. The lowest BCUT2D eigenvalue weighted by Gasteiger charge is -2.21. The number of esters is 1. The van der Waals surface area contributed by atoms with Gasteiger partial charge in [0.15, 0.2) is 0 Å². The summed E-state index contributed by atoms with van der Waals surface area (Å²) in [6.45, 7) is 3.20. The van der Waals surface area contributed by atoms with Crippen LogP contribution in [0.15, 0.2) is 41.3 Å². The second kappa shape index (κ2) is 9.63. The number of carbonyl (C=O) groups is 2. The number of benzene rings is 2. The van der Waals surface area contributed by atoms with E-state index >= 15 is 0 Å². The van der Waals surface area contributed by atoms with E-state index in [0.29, 0.717) is 5.56 Å². The number of rotatable bonds is 8. The number of carbonyl (C=O) groups excluding carboxylic acids is 2. The molecule has 1 atom stereocenters. The predicted molar refractivity (Wildman–Crippen MR) is 115 cm³/mol. The molecule has 3 rings (SSSR count). The first-order valence-corrected chi connectivity index (χ1v) is 11.5. The monoisotopic (exact) mass is 479 g/mol. The van der Waals surface area contributed by atoms with Gasteiger partial charge in [-0.3, -0.25) is 19.7 Å². The molecule has 1 amide bonds. The number of nitro groups is 1. The van der Waals surface area contributed by atoms with Crippen LogP contribution in [0.1, 0.15) is 43.9 Å². The Bertz CT molecular complexity index is 1210. The molecule has 0 saturated heterocycles. The van der Waals surface area contributed by atoms with Gasteiger partial charge in [-0.1, -0.05) is 18.2 Å². The molecule has 0 aliphatic carbocycles. The summed E-state index contributed by atoms with van der Waals surface area (Å²) in [5, 5.41) is 14.0. The molecule has 0 fully saturated rings. The Morgan fingerprint density at radius 1 is 1.27 bits per heavy atom. The molecule has 0 spiro atoms. The van der Waals surface area contributed by atoms with Crippen LogP contribution in [0.2, 0.25) is 0 Å². The zero-order valence-corrected chi connectivity index (χ0v) is 18.6. The highest BCUT2D eigenvalue weighted by molar-refractivity contribution is 7.89. The maximum absolute atomic E-state index is 14.7. The summed E-state index contributed by atoms with van der Waals surface area (Å²) in [6.07, 6.45) is -0.706. The third-order valence-corrected chi connectivity index (χ3v) is 6.37. The number of nitro benzene ring substituents is 1. The quantitative estimate of drug-likeness (QED) is 0.336. The fraction of sp³-hybridized carbons (Fsp3) is 0.333. The summed E-state index contributed by atoms with van der Waals surface area (Å²) in [5.41, 5.74) is 0.130. The average Bonchev–Trinajstić information content (AvgIpc) is 2.71. The van der Waals surface area contributed by atoms with Crippen molar-refractivity contribution in [1.82, 2.24) is 4.72 Å². The Morgan fingerprint density at radius 3 is 2.64 bits per heavy atom. The summed E-state index contributed by atoms with van der Waals surface area (Å²) < 4.78 is 48.2. The maximum atomic E-state index is 14.7. The minimum absolute atomic E-state index is 0.0718. The van der Waals surface area contributed by atoms with Gasteiger partial charge in [-0.2, -0.15) is 0 Å². The smallest absolute Gasteiger partial charge is 0.308 e. The number of ether oxygens (including phenoxy) is 1. The van der Waals surface area contributed by atoms with E-state index in [-0.39, 0.29) is 30.0 Å². The van der Waals surface area contributed by atoms with Crippen molar-refractivity contribution < 1.29 is 32.1 Å². The Balaban J connectivity index is 2.01. The molecule has 1 aliphatic rings. The lowest BCUT2D eigenvalue weighted by molar-refractivity contribution is -0.385. The van der Waals surface area contributed by atoms with Crippen molar-refractivity contribution in [3.05, 3.63) is 63.5 Å². The van der Waals surface area contributed by atoms with Crippen LogP contribution in [0.25, 0.3) is 0 Å². The number of para-hydroxylation sites is 1. The average molecular weight is 479 g/mol. The van der Waals surface area contributed by atoms with Gasteiger partial charge < -0.3 is 10.1 Å². The van der Waals surface area contributed by atoms with Gasteiger partial charge in [0.1, 0.15) is 10.7 Å². The van der Waals surface area contributed by atoms with E-state index in [1.165, 1.54) is 24.3 Å². The van der Waals surface area contributed by atoms with E-state index in [1.54, 1.807) is 13.8 Å². The maximum Gasteiger partial charge on any atom is 0.308 e. The van der Waals surface area contributed by atoms with Crippen molar-refractivity contribution in [2.24, 2.45) is 0 Å². The third-order valence-electron chi connectivity index (χ3n) is 4.89. The molecule has 10 nitrogen and oxygen atoms in total. The summed E-state index contributed by atoms with van der Waals surface area (Å²) in [4.78, 5) is 33.9. The first kappa shape index (κ1) is 24.3. The fourth-order valence-corrected chi connectivity index (χ4v) is 4.80. The summed E-state index contributed by atoms with van der Waals surface area (Å²) >= 11 is 0. The predicted octanol–water partition coefficient (Wildman–Crippen LogP) is 2.98. The van der Waals surface area contributed by atoms with E-state index in [0.717, 1.165) is 12.1 Å². The van der Waals surface area contributed by atoms with Crippen molar-refractivity contribution >= 4 is 33.3 Å². The first-order valence-electron chi connectivity index (χ1n) is 10.1. The molecule has 2 N–H and O–H groups in total. The van der Waals surface area contributed by atoms with E-state index in [2.05, 4.69) is 10.0 Å². The van der Waals surface area contributed by atoms with E-state index in [9.17, 15) is 32.5 Å². The number of nitrogens with zero attached hydrogens (tertiary/aromatic N) is 1. The van der Waals surface area contributed by atoms with Gasteiger partial charge in [0.2, 0.25) is 15.9 Å². The second-order valence-electron chi connectivity index (χ2n) is 7.72. The highest BCUT2D eigenvalue weighted by Crippen LogP contribution is 2.32. The number of anilines is 1. The molecule has 0 bridgehead atoms. The molecule has 1 unspecified atom stereocenters. The molecule has 0 radical (unpaired) electrons. The topological polar surface area (TPSA) is 145 Å². The van der Waals surface area contributed by atoms with E-state index < -0.39 is 55.9 Å². The van der Waals surface area contributed by atoms with Gasteiger partial charge in [-0.05, 0) is 38.0 Å². The molecule has 12 heteroatoms. The third kappa shape index (κ3) is 5.71. The Hall–Kier alpha value is -3.38. The highest BCUT2D eigenvalue weighted by atomic mass is 32.2. The van der Waals surface area contributed by atoms with Crippen molar-refractivity contribution in [3.63, 3.8) is 0 Å². The zero-order chi connectivity index (χ0) is 24.3. The minimum atomic E-state index is -4.57. The Kier molecular flexibility index (Phi) is 7.08. The summed E-state index contributed by atoms with van der Waals surface area (Å²) in [7, 11) is -4.57. The Labute approximate surface area is 189 Å². The van der Waals surface area contributed by atoms with Crippen molar-refractivity contribution in [2.45, 2.75) is 50.2 Å². The van der Waals surface area contributed by atoms with Crippen LogP contribution in [-0.2, 0) is 30.8 Å². The zero-order valence-electron chi connectivity index (χ0n) is 17.8. The summed E-state index contributed by atoms with van der Waals surface area (Å²) in [5.74, 6) is -2.21. The van der Waals surface area contributed by atoms with E-state index in [1.807, 2.05) is 0 Å². The number of hydrogen-bond acceptors (Lipinski definition) is 7. The SMILES string of the molecule is CC(C)OC(=O)CC(NS(=O)(=O)c1cc2c(cc1F)NC(=O)CC2)c1ccccc1[N+](=O)[O-]. The van der Waals surface area contributed by atoms with Crippen LogP contribution >= 0.6 is 0 Å². The van der Waals surface area contributed by atoms with Gasteiger partial charge in [0.25, 0.3) is 5.69 Å². The molecule has 176 valence electrons. The van der Waals surface area contributed by atoms with Crippen molar-refractivity contribution in [2.75, 3.05) is 5.32 Å². The van der Waals surface area contributed by atoms with Crippen LogP contribution in [0, 0.1) is 15.9 Å². The largest absolute Gasteiger partial charge is 0.463 e. The molecule has 1 heterocycles. The van der Waals surface area contributed by atoms with E-state index in [4.69, 9.17) is 4.74 Å². The molecule has 33 heavy (non-hydrogen) atoms. The van der Waals surface area contributed by atoms with Crippen molar-refractivity contribution in [3.8, 4) is 0 Å². The van der Waals surface area contributed by atoms with Crippen LogP contribution in [-0.4, -0.2) is 31.3 Å². The second-order valence-corrected chi connectivity index (χ2v) is 9.40. The molecular formula is C21H22FN3O7S. The van der Waals surface area contributed by atoms with Crippen LogP contribution in [0.3, 0.4) is 0 Å². The van der Waals surface area contributed by atoms with Gasteiger partial charge in [0, 0.05) is 23.7 Å². The molecule has 2 aromatic carbocycles. The van der Waals surface area contributed by atoms with Crippen molar-refractivity contribution in [1.29, 1.82) is 0 Å². The van der Waals surface area contributed by atoms with Gasteiger partial charge in [-0.25, -0.2) is 17.5 Å². The fourth-order valence-electron chi connectivity index (χ4n) is 3.48. The van der Waals surface area contributed by atoms with Crippen LogP contribution < -0.4 is 10.0 Å².